The Morgan fingerprint density at radius 2 is 1.82 bits per heavy atom. The minimum atomic E-state index is -3.71. The number of amides is 1. The average molecular weight is 401 g/mol. The number of sulfonamides is 1. The van der Waals surface area contributed by atoms with Crippen LogP contribution in [0.3, 0.4) is 0 Å². The number of nitrogens with zero attached hydrogens (tertiary/aromatic N) is 2. The zero-order valence-corrected chi connectivity index (χ0v) is 16.4. The van der Waals surface area contributed by atoms with E-state index in [4.69, 9.17) is 10.00 Å². The van der Waals surface area contributed by atoms with Gasteiger partial charge in [0.15, 0.2) is 6.10 Å². The molecule has 0 aliphatic rings. The molecule has 0 aliphatic carbocycles. The van der Waals surface area contributed by atoms with E-state index in [9.17, 15) is 18.0 Å². The Labute approximate surface area is 163 Å². The Bertz CT molecular complexity index is 1040. The number of anilines is 1. The molecule has 0 unspecified atom stereocenters. The Hall–Kier alpha value is -3.22. The number of carbonyl (C=O) groups is 2. The Kier molecular flexibility index (Phi) is 6.51. The predicted octanol–water partition coefficient (Wildman–Crippen LogP) is 1.99. The summed E-state index contributed by atoms with van der Waals surface area (Å²) in [4.78, 5) is 24.5. The fourth-order valence-electron chi connectivity index (χ4n) is 2.19. The molecule has 28 heavy (non-hydrogen) atoms. The van der Waals surface area contributed by atoms with Crippen LogP contribution in [0.1, 0.15) is 22.8 Å². The molecule has 1 N–H and O–H groups in total. The number of esters is 1. The first-order valence-corrected chi connectivity index (χ1v) is 9.63. The van der Waals surface area contributed by atoms with Crippen LogP contribution in [0.2, 0.25) is 0 Å². The van der Waals surface area contributed by atoms with Gasteiger partial charge in [-0.3, -0.25) is 4.79 Å². The Morgan fingerprint density at radius 3 is 2.46 bits per heavy atom. The summed E-state index contributed by atoms with van der Waals surface area (Å²) < 4.78 is 30.5. The van der Waals surface area contributed by atoms with E-state index in [0.717, 1.165) is 4.31 Å². The minimum absolute atomic E-state index is 0.00838. The minimum Gasteiger partial charge on any atom is -0.449 e. The largest absolute Gasteiger partial charge is 0.449 e. The molecule has 2 rings (SSSR count). The molecule has 0 fully saturated rings. The highest BCUT2D eigenvalue weighted by Crippen LogP contribution is 2.16. The van der Waals surface area contributed by atoms with Crippen molar-refractivity contribution in [3.05, 3.63) is 59.7 Å². The number of benzene rings is 2. The van der Waals surface area contributed by atoms with Crippen LogP contribution in [0.5, 0.6) is 0 Å². The van der Waals surface area contributed by atoms with Gasteiger partial charge in [0.25, 0.3) is 5.91 Å². The molecular weight excluding hydrogens is 382 g/mol. The number of hydrogen-bond donors (Lipinski definition) is 1. The van der Waals surface area contributed by atoms with Gasteiger partial charge < -0.3 is 10.1 Å². The van der Waals surface area contributed by atoms with E-state index >= 15 is 0 Å². The van der Waals surface area contributed by atoms with E-state index in [-0.39, 0.29) is 10.5 Å². The van der Waals surface area contributed by atoms with Crippen LogP contribution in [0.15, 0.2) is 53.4 Å². The maximum atomic E-state index is 12.3. The zero-order chi connectivity index (χ0) is 20.9. The van der Waals surface area contributed by atoms with E-state index in [2.05, 4.69) is 5.32 Å². The Balaban J connectivity index is 2.10. The molecular formula is C19H19N3O5S. The van der Waals surface area contributed by atoms with Crippen LogP contribution in [0.25, 0.3) is 0 Å². The van der Waals surface area contributed by atoms with Gasteiger partial charge >= 0.3 is 5.97 Å². The van der Waals surface area contributed by atoms with Gasteiger partial charge in [0.1, 0.15) is 0 Å². The first-order chi connectivity index (χ1) is 13.1. The molecule has 8 nitrogen and oxygen atoms in total. The van der Waals surface area contributed by atoms with Crippen LogP contribution >= 0.6 is 0 Å². The third-order valence-electron chi connectivity index (χ3n) is 3.76. The lowest BCUT2D eigenvalue weighted by molar-refractivity contribution is -0.123. The SMILES string of the molecule is C[C@H](OC(=O)c1cccc(S(=O)(=O)N(C)C)c1)C(=O)Nc1cccc(C#N)c1. The van der Waals surface area contributed by atoms with Crippen LogP contribution in [-0.4, -0.2) is 44.8 Å². The van der Waals surface area contributed by atoms with Crippen molar-refractivity contribution in [1.29, 1.82) is 5.26 Å². The van der Waals surface area contributed by atoms with Crippen molar-refractivity contribution >= 4 is 27.6 Å². The molecule has 0 aliphatic heterocycles. The summed E-state index contributed by atoms with van der Waals surface area (Å²) in [5.41, 5.74) is 0.779. The molecule has 2 aromatic carbocycles. The second-order valence-electron chi connectivity index (χ2n) is 6.04. The van der Waals surface area contributed by atoms with Crippen molar-refractivity contribution in [3.8, 4) is 6.07 Å². The molecule has 2 aromatic rings. The molecule has 9 heteroatoms. The van der Waals surface area contributed by atoms with E-state index in [1.54, 1.807) is 18.2 Å². The van der Waals surface area contributed by atoms with Crippen molar-refractivity contribution in [2.75, 3.05) is 19.4 Å². The van der Waals surface area contributed by atoms with Crippen LogP contribution in [0, 0.1) is 11.3 Å². The predicted molar refractivity (Wildman–Crippen MR) is 102 cm³/mol. The number of hydrogen-bond acceptors (Lipinski definition) is 6. The quantitative estimate of drug-likeness (QED) is 0.740. The summed E-state index contributed by atoms with van der Waals surface area (Å²) in [6.45, 7) is 1.39. The lowest BCUT2D eigenvalue weighted by Crippen LogP contribution is -2.30. The summed E-state index contributed by atoms with van der Waals surface area (Å²) in [5, 5.41) is 11.4. The normalized spacial score (nSPS) is 12.1. The second kappa shape index (κ2) is 8.65. The van der Waals surface area contributed by atoms with Crippen LogP contribution in [0.4, 0.5) is 5.69 Å². The number of nitriles is 1. The first kappa shape index (κ1) is 21.1. The van der Waals surface area contributed by atoms with E-state index < -0.39 is 28.0 Å². The summed E-state index contributed by atoms with van der Waals surface area (Å²) in [6.07, 6.45) is -1.13. The molecule has 0 bridgehead atoms. The van der Waals surface area contributed by atoms with Crippen molar-refractivity contribution in [2.45, 2.75) is 17.9 Å². The first-order valence-electron chi connectivity index (χ1n) is 8.19. The number of carbonyl (C=O) groups excluding carboxylic acids is 2. The van der Waals surface area contributed by atoms with E-state index in [1.165, 1.54) is 51.4 Å². The van der Waals surface area contributed by atoms with Crippen LogP contribution < -0.4 is 5.32 Å². The third kappa shape index (κ3) is 4.94. The summed E-state index contributed by atoms with van der Waals surface area (Å²) in [7, 11) is -0.939. The monoisotopic (exact) mass is 401 g/mol. The molecule has 0 heterocycles. The number of rotatable bonds is 6. The number of nitrogens with one attached hydrogen (secondary N) is 1. The van der Waals surface area contributed by atoms with Gasteiger partial charge in [-0.2, -0.15) is 5.26 Å². The average Bonchev–Trinajstić information content (AvgIpc) is 2.67. The fourth-order valence-corrected chi connectivity index (χ4v) is 3.13. The molecule has 0 radical (unpaired) electrons. The molecule has 146 valence electrons. The molecule has 0 aromatic heterocycles. The lowest BCUT2D eigenvalue weighted by Gasteiger charge is -2.15. The molecule has 0 spiro atoms. The van der Waals surface area contributed by atoms with Gasteiger partial charge in [0, 0.05) is 19.8 Å². The lowest BCUT2D eigenvalue weighted by atomic mass is 10.2. The van der Waals surface area contributed by atoms with Crippen LogP contribution in [-0.2, 0) is 19.6 Å². The van der Waals surface area contributed by atoms with Gasteiger partial charge in [-0.15, -0.1) is 0 Å². The van der Waals surface area contributed by atoms with Crippen molar-refractivity contribution in [3.63, 3.8) is 0 Å². The zero-order valence-electron chi connectivity index (χ0n) is 15.5. The maximum absolute atomic E-state index is 12.3. The van der Waals surface area contributed by atoms with E-state index in [0.29, 0.717) is 11.3 Å². The molecule has 1 atom stereocenters. The smallest absolute Gasteiger partial charge is 0.338 e. The topological polar surface area (TPSA) is 117 Å². The van der Waals surface area contributed by atoms with Gasteiger partial charge in [0.2, 0.25) is 10.0 Å². The summed E-state index contributed by atoms with van der Waals surface area (Å²) in [6, 6.07) is 13.6. The van der Waals surface area contributed by atoms with Gasteiger partial charge in [0.05, 0.1) is 22.1 Å². The van der Waals surface area contributed by atoms with Gasteiger partial charge in [-0.1, -0.05) is 12.1 Å². The van der Waals surface area contributed by atoms with E-state index in [1.807, 2.05) is 6.07 Å². The van der Waals surface area contributed by atoms with Crippen molar-refractivity contribution < 1.29 is 22.7 Å². The van der Waals surface area contributed by atoms with Crippen molar-refractivity contribution in [1.82, 2.24) is 4.31 Å². The maximum Gasteiger partial charge on any atom is 0.338 e. The molecule has 1 amide bonds. The second-order valence-corrected chi connectivity index (χ2v) is 8.20. The highest BCUT2D eigenvalue weighted by atomic mass is 32.2. The van der Waals surface area contributed by atoms with Gasteiger partial charge in [-0.05, 0) is 43.3 Å². The Morgan fingerprint density at radius 1 is 1.14 bits per heavy atom. The van der Waals surface area contributed by atoms with Gasteiger partial charge in [-0.25, -0.2) is 17.5 Å². The third-order valence-corrected chi connectivity index (χ3v) is 5.57. The summed E-state index contributed by atoms with van der Waals surface area (Å²) in [5.74, 6) is -1.41. The highest BCUT2D eigenvalue weighted by molar-refractivity contribution is 7.89. The highest BCUT2D eigenvalue weighted by Gasteiger charge is 2.22. The molecule has 0 saturated heterocycles. The fraction of sp³-hybridized carbons (Fsp3) is 0.211. The molecule has 0 saturated carbocycles. The van der Waals surface area contributed by atoms with Crippen molar-refractivity contribution in [2.24, 2.45) is 0 Å². The standard InChI is InChI=1S/C19H19N3O5S/c1-13(18(23)21-16-8-4-6-14(10-16)12-20)27-19(24)15-7-5-9-17(11-15)28(25,26)22(2)3/h4-11,13H,1-3H3,(H,21,23)/t13-/m0/s1. The summed E-state index contributed by atoms with van der Waals surface area (Å²) >= 11 is 0. The number of ether oxygens (including phenoxy) is 1.